The topological polar surface area (TPSA) is 79.7 Å². The lowest BCUT2D eigenvalue weighted by molar-refractivity contribution is -0.170. The van der Waals surface area contributed by atoms with Gasteiger partial charge in [0.25, 0.3) is 5.92 Å². The van der Waals surface area contributed by atoms with Crippen molar-refractivity contribution in [3.63, 3.8) is 0 Å². The lowest BCUT2D eigenvalue weighted by Crippen LogP contribution is -2.41. The number of hydrogen-bond donors (Lipinski definition) is 2. The zero-order chi connectivity index (χ0) is 30.5. The fourth-order valence-electron chi connectivity index (χ4n) is 5.13. The molecule has 0 unspecified atom stereocenters. The van der Waals surface area contributed by atoms with Gasteiger partial charge >= 0.3 is 5.92 Å². The standard InChI is InChI=1S/C29H35F5N4O3/c1-15-24-20(11-22(25(15)40-7)41-13-18-12-28(31,32)14-38(18)6)26(37-17(3)36-24)35-16(2)19-9-8-10-21(23(19)30)29(33,34)27(4,5)39/h8-11,16,18,39H,12-14H2,1-7H3,(H,35,36,37)/t16-,18+/m1/s1. The molecule has 2 atom stereocenters. The van der Waals surface area contributed by atoms with Crippen LogP contribution in [0.15, 0.2) is 24.3 Å². The van der Waals surface area contributed by atoms with E-state index in [-0.39, 0.29) is 25.1 Å². The highest BCUT2D eigenvalue weighted by atomic mass is 19.3. The maximum absolute atomic E-state index is 15.4. The quantitative estimate of drug-likeness (QED) is 0.293. The molecule has 1 aliphatic heterocycles. The molecule has 0 radical (unpaired) electrons. The molecule has 0 spiro atoms. The normalized spacial score (nSPS) is 18.5. The highest BCUT2D eigenvalue weighted by molar-refractivity contribution is 5.94. The van der Waals surface area contributed by atoms with Crippen LogP contribution in [0.3, 0.4) is 0 Å². The summed E-state index contributed by atoms with van der Waals surface area (Å²) in [5.41, 5.74) is -2.33. The van der Waals surface area contributed by atoms with Gasteiger partial charge in [0.05, 0.1) is 30.8 Å². The van der Waals surface area contributed by atoms with E-state index in [1.54, 1.807) is 38.8 Å². The number of aliphatic hydroxyl groups is 1. The van der Waals surface area contributed by atoms with E-state index in [0.717, 1.165) is 19.9 Å². The van der Waals surface area contributed by atoms with Crippen molar-refractivity contribution in [2.24, 2.45) is 0 Å². The van der Waals surface area contributed by atoms with Gasteiger partial charge in [0.2, 0.25) is 0 Å². The number of nitrogens with one attached hydrogen (secondary N) is 1. The molecule has 3 aromatic rings. The molecule has 2 N–H and O–H groups in total. The van der Waals surface area contributed by atoms with Crippen LogP contribution in [-0.4, -0.2) is 64.8 Å². The van der Waals surface area contributed by atoms with E-state index in [0.29, 0.717) is 39.6 Å². The van der Waals surface area contributed by atoms with Gasteiger partial charge in [-0.2, -0.15) is 8.78 Å². The summed E-state index contributed by atoms with van der Waals surface area (Å²) in [5.74, 6) is -6.43. The Balaban J connectivity index is 1.72. The molecule has 0 amide bonds. The number of methoxy groups -OCH3 is 1. The Bertz CT molecular complexity index is 1440. The van der Waals surface area contributed by atoms with Gasteiger partial charge in [0, 0.05) is 29.0 Å². The van der Waals surface area contributed by atoms with Gasteiger partial charge in [0.15, 0.2) is 11.5 Å². The molecule has 12 heteroatoms. The van der Waals surface area contributed by atoms with Crippen LogP contribution in [0.25, 0.3) is 10.9 Å². The second-order valence-corrected chi connectivity index (χ2v) is 11.2. The van der Waals surface area contributed by atoms with Crippen molar-refractivity contribution in [3.8, 4) is 11.5 Å². The van der Waals surface area contributed by atoms with Gasteiger partial charge in [-0.05, 0) is 53.8 Å². The smallest absolute Gasteiger partial charge is 0.303 e. The predicted octanol–water partition coefficient (Wildman–Crippen LogP) is 6.15. The molecule has 1 saturated heterocycles. The number of aryl methyl sites for hydroxylation is 2. The van der Waals surface area contributed by atoms with Crippen molar-refractivity contribution in [3.05, 3.63) is 52.6 Å². The van der Waals surface area contributed by atoms with Gasteiger partial charge < -0.3 is 19.9 Å². The van der Waals surface area contributed by atoms with Gasteiger partial charge in [-0.3, -0.25) is 4.90 Å². The molecular weight excluding hydrogens is 547 g/mol. The van der Waals surface area contributed by atoms with E-state index in [2.05, 4.69) is 15.3 Å². The van der Waals surface area contributed by atoms with Crippen LogP contribution in [0.1, 0.15) is 55.7 Å². The summed E-state index contributed by atoms with van der Waals surface area (Å²) in [4.78, 5) is 10.6. The summed E-state index contributed by atoms with van der Waals surface area (Å²) >= 11 is 0. The summed E-state index contributed by atoms with van der Waals surface area (Å²) in [7, 11) is 3.08. The number of benzene rings is 2. The molecule has 1 fully saturated rings. The molecule has 1 aliphatic rings. The highest BCUT2D eigenvalue weighted by Gasteiger charge is 2.49. The van der Waals surface area contributed by atoms with E-state index in [1.807, 2.05) is 0 Å². The molecular formula is C29H35F5N4O3. The molecule has 0 bridgehead atoms. The second kappa shape index (κ2) is 10.9. The number of ether oxygens (including phenoxy) is 2. The van der Waals surface area contributed by atoms with Gasteiger partial charge in [0.1, 0.15) is 29.7 Å². The summed E-state index contributed by atoms with van der Waals surface area (Å²) in [5, 5.41) is 13.6. The largest absolute Gasteiger partial charge is 0.493 e. The minimum atomic E-state index is -3.84. The highest BCUT2D eigenvalue weighted by Crippen LogP contribution is 2.43. The Morgan fingerprint density at radius 2 is 1.90 bits per heavy atom. The van der Waals surface area contributed by atoms with Crippen LogP contribution in [0, 0.1) is 19.7 Å². The first-order valence-corrected chi connectivity index (χ1v) is 13.2. The van der Waals surface area contributed by atoms with Crippen molar-refractivity contribution in [2.45, 2.75) is 70.6 Å². The number of aromatic nitrogens is 2. The van der Waals surface area contributed by atoms with E-state index < -0.39 is 40.9 Å². The van der Waals surface area contributed by atoms with Crippen LogP contribution in [0.5, 0.6) is 11.5 Å². The number of likely N-dealkylation sites (tertiary alicyclic amines) is 1. The van der Waals surface area contributed by atoms with Crippen LogP contribution in [0.4, 0.5) is 27.8 Å². The Hall–Kier alpha value is -3.25. The Morgan fingerprint density at radius 3 is 2.49 bits per heavy atom. The van der Waals surface area contributed by atoms with Crippen molar-refractivity contribution < 1.29 is 36.5 Å². The maximum Gasteiger partial charge on any atom is 0.303 e. The molecule has 0 aliphatic carbocycles. The van der Waals surface area contributed by atoms with E-state index in [4.69, 9.17) is 9.47 Å². The average molecular weight is 583 g/mol. The number of fused-ring (bicyclic) bond motifs is 1. The Kier molecular flexibility index (Phi) is 8.14. The summed E-state index contributed by atoms with van der Waals surface area (Å²) in [6.07, 6.45) is -0.331. The molecule has 0 saturated carbocycles. The van der Waals surface area contributed by atoms with Crippen molar-refractivity contribution in [2.75, 3.05) is 32.6 Å². The number of nitrogens with zero attached hydrogens (tertiary/aromatic N) is 3. The van der Waals surface area contributed by atoms with Crippen LogP contribution in [0.2, 0.25) is 0 Å². The van der Waals surface area contributed by atoms with Gasteiger partial charge in [-0.1, -0.05) is 12.1 Å². The fraction of sp³-hybridized carbons (Fsp3) is 0.517. The van der Waals surface area contributed by atoms with Crippen LogP contribution >= 0.6 is 0 Å². The Morgan fingerprint density at radius 1 is 1.22 bits per heavy atom. The van der Waals surface area contributed by atoms with E-state index >= 15 is 4.39 Å². The van der Waals surface area contributed by atoms with E-state index in [1.165, 1.54) is 19.2 Å². The zero-order valence-electron chi connectivity index (χ0n) is 24.1. The van der Waals surface area contributed by atoms with Crippen LogP contribution in [-0.2, 0) is 5.92 Å². The number of halogens is 5. The molecule has 2 heterocycles. The number of alkyl halides is 4. The van der Waals surface area contributed by atoms with E-state index in [9.17, 15) is 22.7 Å². The molecule has 1 aromatic heterocycles. The number of anilines is 1. The molecule has 2 aromatic carbocycles. The second-order valence-electron chi connectivity index (χ2n) is 11.2. The first-order valence-electron chi connectivity index (χ1n) is 13.2. The molecule has 4 rings (SSSR count). The third kappa shape index (κ3) is 5.90. The van der Waals surface area contributed by atoms with Crippen molar-refractivity contribution in [1.82, 2.24) is 14.9 Å². The lowest BCUT2D eigenvalue weighted by Gasteiger charge is -2.30. The summed E-state index contributed by atoms with van der Waals surface area (Å²) in [6, 6.07) is 3.92. The maximum atomic E-state index is 15.4. The van der Waals surface area contributed by atoms with Crippen LogP contribution < -0.4 is 14.8 Å². The third-order valence-electron chi connectivity index (χ3n) is 7.48. The zero-order valence-corrected chi connectivity index (χ0v) is 24.1. The Labute approximate surface area is 235 Å². The average Bonchev–Trinajstić information content (AvgIpc) is 3.13. The predicted molar refractivity (Wildman–Crippen MR) is 146 cm³/mol. The fourth-order valence-corrected chi connectivity index (χ4v) is 5.13. The number of rotatable bonds is 9. The first-order chi connectivity index (χ1) is 19.0. The SMILES string of the molecule is COc1c(OC[C@@H]2CC(F)(F)CN2C)cc2c(N[C@H](C)c3cccc(C(F)(F)C(C)(C)O)c3F)nc(C)nc2c1C. The van der Waals surface area contributed by atoms with Gasteiger partial charge in [-0.25, -0.2) is 23.1 Å². The minimum Gasteiger partial charge on any atom is -0.493 e. The lowest BCUT2D eigenvalue weighted by atomic mass is 9.91. The summed E-state index contributed by atoms with van der Waals surface area (Å²) in [6.45, 7) is 6.52. The van der Waals surface area contributed by atoms with Crippen molar-refractivity contribution >= 4 is 16.7 Å². The molecule has 7 nitrogen and oxygen atoms in total. The number of hydrogen-bond acceptors (Lipinski definition) is 7. The summed E-state index contributed by atoms with van der Waals surface area (Å²) < 4.78 is 84.5. The first kappa shape index (κ1) is 30.7. The molecule has 41 heavy (non-hydrogen) atoms. The van der Waals surface area contributed by atoms with Crippen molar-refractivity contribution in [1.29, 1.82) is 0 Å². The molecule has 224 valence electrons. The van der Waals surface area contributed by atoms with Gasteiger partial charge in [-0.15, -0.1) is 0 Å². The minimum absolute atomic E-state index is 0.00724. The number of likely N-dealkylation sites (N-methyl/N-ethyl adjacent to an activating group) is 1. The third-order valence-corrected chi connectivity index (χ3v) is 7.48. The monoisotopic (exact) mass is 582 g/mol.